The molecule has 0 aromatic carbocycles. The van der Waals surface area contributed by atoms with Crippen molar-refractivity contribution >= 4 is 5.78 Å². The fourth-order valence-electron chi connectivity index (χ4n) is 2.46. The lowest BCUT2D eigenvalue weighted by molar-refractivity contribution is -0.138. The molecular formula is C15H23N3O3. The maximum Gasteiger partial charge on any atom is 0.240 e. The summed E-state index contributed by atoms with van der Waals surface area (Å²) in [6.45, 7) is 8.76. The summed E-state index contributed by atoms with van der Waals surface area (Å²) in [6, 6.07) is 0. The third kappa shape index (κ3) is 3.49. The number of nitrogens with zero attached hydrogens (tertiary/aromatic N) is 3. The zero-order valence-corrected chi connectivity index (χ0v) is 13.0. The number of ketones is 1. The fourth-order valence-corrected chi connectivity index (χ4v) is 2.46. The van der Waals surface area contributed by atoms with E-state index in [-0.39, 0.29) is 23.2 Å². The molecule has 0 spiro atoms. The number of morpholine rings is 1. The van der Waals surface area contributed by atoms with Gasteiger partial charge in [-0.2, -0.15) is 4.98 Å². The molecule has 0 bridgehead atoms. The Morgan fingerprint density at radius 1 is 1.38 bits per heavy atom. The minimum atomic E-state index is -0.281. The number of rotatable bonds is 4. The Kier molecular flexibility index (Phi) is 3.84. The van der Waals surface area contributed by atoms with Gasteiger partial charge in [0.1, 0.15) is 6.10 Å². The lowest BCUT2D eigenvalue weighted by atomic mass is 9.96. The number of aromatic nitrogens is 2. The van der Waals surface area contributed by atoms with Gasteiger partial charge >= 0.3 is 0 Å². The average Bonchev–Trinajstić information content (AvgIpc) is 3.17. The summed E-state index contributed by atoms with van der Waals surface area (Å²) in [4.78, 5) is 18.7. The molecule has 6 nitrogen and oxygen atoms in total. The van der Waals surface area contributed by atoms with Crippen LogP contribution in [0.15, 0.2) is 4.52 Å². The topological polar surface area (TPSA) is 68.5 Å². The second-order valence-electron chi connectivity index (χ2n) is 7.03. The molecule has 1 aromatic heterocycles. The van der Waals surface area contributed by atoms with E-state index in [0.29, 0.717) is 25.6 Å². The van der Waals surface area contributed by atoms with Crippen molar-refractivity contribution in [3.63, 3.8) is 0 Å². The van der Waals surface area contributed by atoms with Gasteiger partial charge in [0.15, 0.2) is 11.6 Å². The van der Waals surface area contributed by atoms with E-state index in [0.717, 1.165) is 25.2 Å². The van der Waals surface area contributed by atoms with Crippen molar-refractivity contribution in [1.29, 1.82) is 0 Å². The van der Waals surface area contributed by atoms with E-state index in [1.54, 1.807) is 0 Å². The summed E-state index contributed by atoms with van der Waals surface area (Å²) in [5, 5.41) is 4.03. The zero-order valence-electron chi connectivity index (χ0n) is 13.0. The van der Waals surface area contributed by atoms with Crippen LogP contribution in [-0.2, 0) is 21.5 Å². The second kappa shape index (κ2) is 5.50. The van der Waals surface area contributed by atoms with Crippen LogP contribution in [0.2, 0.25) is 0 Å². The molecule has 1 aromatic rings. The number of ether oxygens (including phenoxy) is 1. The predicted molar refractivity (Wildman–Crippen MR) is 75.7 cm³/mol. The van der Waals surface area contributed by atoms with E-state index in [1.165, 1.54) is 0 Å². The third-order valence-corrected chi connectivity index (χ3v) is 3.95. The van der Waals surface area contributed by atoms with Crippen molar-refractivity contribution in [1.82, 2.24) is 15.0 Å². The van der Waals surface area contributed by atoms with Crippen LogP contribution < -0.4 is 0 Å². The van der Waals surface area contributed by atoms with Gasteiger partial charge in [-0.3, -0.25) is 9.69 Å². The highest BCUT2D eigenvalue weighted by atomic mass is 16.5. The lowest BCUT2D eigenvalue weighted by Gasteiger charge is -2.31. The van der Waals surface area contributed by atoms with Gasteiger partial charge in [-0.1, -0.05) is 25.9 Å². The number of hydrogen-bond donors (Lipinski definition) is 0. The molecule has 116 valence electrons. The lowest BCUT2D eigenvalue weighted by Crippen LogP contribution is -2.46. The van der Waals surface area contributed by atoms with Crippen molar-refractivity contribution in [3.8, 4) is 0 Å². The van der Waals surface area contributed by atoms with Gasteiger partial charge in [-0.05, 0) is 12.8 Å². The van der Waals surface area contributed by atoms with Crippen LogP contribution in [0.3, 0.4) is 0 Å². The Morgan fingerprint density at radius 3 is 2.76 bits per heavy atom. The third-order valence-electron chi connectivity index (χ3n) is 3.95. The first-order chi connectivity index (χ1) is 9.93. The van der Waals surface area contributed by atoms with Gasteiger partial charge < -0.3 is 9.26 Å². The van der Waals surface area contributed by atoms with Gasteiger partial charge in [0.2, 0.25) is 5.89 Å². The first-order valence-electron chi connectivity index (χ1n) is 7.64. The van der Waals surface area contributed by atoms with Crippen LogP contribution in [0, 0.1) is 5.92 Å². The van der Waals surface area contributed by atoms with E-state index in [9.17, 15) is 4.79 Å². The molecule has 0 N–H and O–H groups in total. The molecule has 1 atom stereocenters. The van der Waals surface area contributed by atoms with Crippen molar-refractivity contribution in [2.45, 2.75) is 51.7 Å². The molecule has 3 rings (SSSR count). The minimum absolute atomic E-state index is 0.114. The highest BCUT2D eigenvalue weighted by molar-refractivity contribution is 5.87. The summed E-state index contributed by atoms with van der Waals surface area (Å²) in [5.41, 5.74) is -0.114. The average molecular weight is 293 g/mol. The number of carbonyl (C=O) groups is 1. The van der Waals surface area contributed by atoms with Crippen LogP contribution in [0.25, 0.3) is 0 Å². The standard InChI is InChI=1S/C15H23N3O3/c1-15(2,3)14-16-12(21-17-14)9-18-6-7-20-11(8-18)13(19)10-4-5-10/h10-11H,4-9H2,1-3H3. The quantitative estimate of drug-likeness (QED) is 0.839. The highest BCUT2D eigenvalue weighted by Crippen LogP contribution is 2.32. The molecule has 1 saturated heterocycles. The van der Waals surface area contributed by atoms with Gasteiger partial charge in [0, 0.05) is 24.4 Å². The first kappa shape index (κ1) is 14.7. The Morgan fingerprint density at radius 2 is 2.14 bits per heavy atom. The van der Waals surface area contributed by atoms with Crippen LogP contribution in [0.1, 0.15) is 45.3 Å². The van der Waals surface area contributed by atoms with Gasteiger partial charge in [-0.25, -0.2) is 0 Å². The minimum Gasteiger partial charge on any atom is -0.368 e. The summed E-state index contributed by atoms with van der Waals surface area (Å²) in [6.07, 6.45) is 1.77. The summed E-state index contributed by atoms with van der Waals surface area (Å²) in [7, 11) is 0. The van der Waals surface area contributed by atoms with E-state index in [1.807, 2.05) is 0 Å². The van der Waals surface area contributed by atoms with Crippen LogP contribution in [0.5, 0.6) is 0 Å². The van der Waals surface area contributed by atoms with E-state index >= 15 is 0 Å². The molecule has 2 heterocycles. The van der Waals surface area contributed by atoms with E-state index in [4.69, 9.17) is 9.26 Å². The van der Waals surface area contributed by atoms with Crippen molar-refractivity contribution in [2.75, 3.05) is 19.7 Å². The Balaban J connectivity index is 1.59. The molecule has 2 aliphatic rings. The molecular weight excluding hydrogens is 270 g/mol. The van der Waals surface area contributed by atoms with Crippen molar-refractivity contribution in [2.24, 2.45) is 5.92 Å². The van der Waals surface area contributed by atoms with E-state index in [2.05, 4.69) is 35.8 Å². The molecule has 1 aliphatic heterocycles. The predicted octanol–water partition coefficient (Wildman–Crippen LogP) is 1.55. The summed E-state index contributed by atoms with van der Waals surface area (Å²) < 4.78 is 10.9. The molecule has 0 amide bonds. The molecule has 21 heavy (non-hydrogen) atoms. The van der Waals surface area contributed by atoms with Crippen LogP contribution in [0.4, 0.5) is 0 Å². The van der Waals surface area contributed by atoms with Crippen LogP contribution >= 0.6 is 0 Å². The molecule has 1 saturated carbocycles. The molecule has 1 aliphatic carbocycles. The Labute approximate surface area is 124 Å². The van der Waals surface area contributed by atoms with Crippen molar-refractivity contribution < 1.29 is 14.1 Å². The fraction of sp³-hybridized carbons (Fsp3) is 0.800. The Bertz CT molecular complexity index is 516. The zero-order chi connectivity index (χ0) is 15.0. The first-order valence-corrected chi connectivity index (χ1v) is 7.64. The van der Waals surface area contributed by atoms with Gasteiger partial charge in [0.05, 0.1) is 13.2 Å². The monoisotopic (exact) mass is 293 g/mol. The second-order valence-corrected chi connectivity index (χ2v) is 7.03. The highest BCUT2D eigenvalue weighted by Gasteiger charge is 2.37. The maximum absolute atomic E-state index is 12.1. The van der Waals surface area contributed by atoms with Gasteiger partial charge in [-0.15, -0.1) is 0 Å². The smallest absolute Gasteiger partial charge is 0.240 e. The number of Topliss-reactive ketones (excluding diaryl/α,β-unsaturated/α-hetero) is 1. The maximum atomic E-state index is 12.1. The number of carbonyl (C=O) groups excluding carboxylic acids is 1. The van der Waals surface area contributed by atoms with Crippen molar-refractivity contribution in [3.05, 3.63) is 11.7 Å². The summed E-state index contributed by atoms with van der Waals surface area (Å²) in [5.74, 6) is 1.84. The normalized spacial score (nSPS) is 24.2. The SMILES string of the molecule is CC(C)(C)c1noc(CN2CCOC(C(=O)C3CC3)C2)n1. The molecule has 0 radical (unpaired) electrons. The summed E-state index contributed by atoms with van der Waals surface area (Å²) >= 11 is 0. The van der Waals surface area contributed by atoms with Crippen LogP contribution in [-0.4, -0.2) is 46.6 Å². The molecule has 6 heteroatoms. The van der Waals surface area contributed by atoms with E-state index < -0.39 is 0 Å². The largest absolute Gasteiger partial charge is 0.368 e. The number of hydrogen-bond acceptors (Lipinski definition) is 6. The molecule has 1 unspecified atom stereocenters. The van der Waals surface area contributed by atoms with Gasteiger partial charge in [0.25, 0.3) is 0 Å². The molecule has 2 fully saturated rings. The Hall–Kier alpha value is -1.27.